The number of nitrogens with one attached hydrogen (secondary N) is 1. The molecule has 0 aliphatic heterocycles. The van der Waals surface area contributed by atoms with Gasteiger partial charge in [-0.2, -0.15) is 0 Å². The molecule has 0 heterocycles. The molecule has 94 valence electrons. The highest BCUT2D eigenvalue weighted by Gasteiger charge is 2.15. The Bertz CT molecular complexity index is 508. The van der Waals surface area contributed by atoms with E-state index in [-0.39, 0.29) is 6.04 Å². The highest BCUT2D eigenvalue weighted by molar-refractivity contribution is 9.10. The Hall–Kier alpha value is -1.12. The number of benzene rings is 2. The van der Waals surface area contributed by atoms with Crippen LogP contribution in [-0.2, 0) is 0 Å². The molecule has 0 aliphatic carbocycles. The molecule has 1 N–H and O–H groups in total. The van der Waals surface area contributed by atoms with Gasteiger partial charge in [-0.25, -0.2) is 0 Å². The lowest BCUT2D eigenvalue weighted by Crippen LogP contribution is -2.22. The molecule has 0 saturated carbocycles. The zero-order valence-electron chi connectivity index (χ0n) is 10.8. The predicted octanol–water partition coefficient (Wildman–Crippen LogP) is 4.46. The van der Waals surface area contributed by atoms with Crippen LogP contribution >= 0.6 is 15.9 Å². The van der Waals surface area contributed by atoms with Crippen LogP contribution in [0.3, 0.4) is 0 Å². The molecule has 0 saturated heterocycles. The van der Waals surface area contributed by atoms with E-state index in [2.05, 4.69) is 83.6 Å². The van der Waals surface area contributed by atoms with Gasteiger partial charge in [-0.15, -0.1) is 0 Å². The van der Waals surface area contributed by atoms with Crippen molar-refractivity contribution in [2.24, 2.45) is 0 Å². The van der Waals surface area contributed by atoms with Crippen LogP contribution < -0.4 is 5.32 Å². The molecule has 2 rings (SSSR count). The maximum atomic E-state index is 3.61. The Kier molecular flexibility index (Phi) is 4.56. The Morgan fingerprint density at radius 2 is 1.78 bits per heavy atom. The molecular formula is C16H18BrN. The number of rotatable bonds is 4. The average molecular weight is 304 g/mol. The minimum Gasteiger partial charge on any atom is -0.307 e. The molecule has 1 atom stereocenters. The van der Waals surface area contributed by atoms with Crippen LogP contribution in [0.15, 0.2) is 53.0 Å². The van der Waals surface area contributed by atoms with Crippen molar-refractivity contribution < 1.29 is 0 Å². The van der Waals surface area contributed by atoms with Crippen molar-refractivity contribution >= 4 is 15.9 Å². The molecule has 0 amide bonds. The summed E-state index contributed by atoms with van der Waals surface area (Å²) in [6, 6.07) is 17.2. The molecule has 2 aromatic rings. The fraction of sp³-hybridized carbons (Fsp3) is 0.250. The summed E-state index contributed by atoms with van der Waals surface area (Å²) >= 11 is 3.61. The molecular weight excluding hydrogens is 286 g/mol. The lowest BCUT2D eigenvalue weighted by Gasteiger charge is -2.21. The third-order valence-electron chi connectivity index (χ3n) is 3.16. The van der Waals surface area contributed by atoms with E-state index in [9.17, 15) is 0 Å². The Morgan fingerprint density at radius 3 is 2.44 bits per heavy atom. The zero-order valence-corrected chi connectivity index (χ0v) is 12.4. The van der Waals surface area contributed by atoms with Crippen molar-refractivity contribution in [3.63, 3.8) is 0 Å². The van der Waals surface area contributed by atoms with Crippen LogP contribution in [0, 0.1) is 6.92 Å². The summed E-state index contributed by atoms with van der Waals surface area (Å²) in [6.07, 6.45) is 0. The van der Waals surface area contributed by atoms with E-state index >= 15 is 0 Å². The van der Waals surface area contributed by atoms with Gasteiger partial charge in [0, 0.05) is 4.47 Å². The second-order valence-electron chi connectivity index (χ2n) is 4.36. The Balaban J connectivity index is 2.45. The first kappa shape index (κ1) is 13.3. The minimum atomic E-state index is 0.258. The fourth-order valence-electron chi connectivity index (χ4n) is 2.19. The van der Waals surface area contributed by atoms with E-state index in [0.717, 1.165) is 6.54 Å². The first-order valence-electron chi connectivity index (χ1n) is 6.27. The third-order valence-corrected chi connectivity index (χ3v) is 4.02. The van der Waals surface area contributed by atoms with Crippen LogP contribution in [0.25, 0.3) is 0 Å². The monoisotopic (exact) mass is 303 g/mol. The Morgan fingerprint density at radius 1 is 1.06 bits per heavy atom. The summed E-state index contributed by atoms with van der Waals surface area (Å²) in [7, 11) is 0. The molecule has 0 fully saturated rings. The molecule has 0 aliphatic rings. The van der Waals surface area contributed by atoms with Gasteiger partial charge in [-0.3, -0.25) is 0 Å². The summed E-state index contributed by atoms with van der Waals surface area (Å²) in [6.45, 7) is 5.25. The van der Waals surface area contributed by atoms with Crippen LogP contribution in [0.4, 0.5) is 0 Å². The number of hydrogen-bond acceptors (Lipinski definition) is 1. The van der Waals surface area contributed by atoms with Gasteiger partial charge in [0.2, 0.25) is 0 Å². The SMILES string of the molecule is CCNC(c1ccccc1)c1cccc(Br)c1C. The van der Waals surface area contributed by atoms with Crippen molar-refractivity contribution in [1.82, 2.24) is 5.32 Å². The molecule has 18 heavy (non-hydrogen) atoms. The van der Waals surface area contributed by atoms with Crippen molar-refractivity contribution in [2.45, 2.75) is 19.9 Å². The second kappa shape index (κ2) is 6.17. The number of hydrogen-bond donors (Lipinski definition) is 1. The van der Waals surface area contributed by atoms with E-state index in [1.54, 1.807) is 0 Å². The topological polar surface area (TPSA) is 12.0 Å². The summed E-state index contributed by atoms with van der Waals surface area (Å²) in [5, 5.41) is 3.56. The molecule has 0 spiro atoms. The third kappa shape index (κ3) is 2.82. The van der Waals surface area contributed by atoms with Crippen LogP contribution in [-0.4, -0.2) is 6.54 Å². The highest BCUT2D eigenvalue weighted by atomic mass is 79.9. The van der Waals surface area contributed by atoms with Gasteiger partial charge in [0.05, 0.1) is 6.04 Å². The maximum absolute atomic E-state index is 3.61. The van der Waals surface area contributed by atoms with Crippen molar-refractivity contribution in [3.05, 3.63) is 69.7 Å². The van der Waals surface area contributed by atoms with Crippen LogP contribution in [0.2, 0.25) is 0 Å². The number of halogens is 1. The molecule has 2 aromatic carbocycles. The van der Waals surface area contributed by atoms with E-state index in [0.29, 0.717) is 0 Å². The van der Waals surface area contributed by atoms with Gasteiger partial charge in [0.15, 0.2) is 0 Å². The van der Waals surface area contributed by atoms with Gasteiger partial charge in [0.1, 0.15) is 0 Å². The van der Waals surface area contributed by atoms with Gasteiger partial charge in [-0.1, -0.05) is 65.3 Å². The molecule has 0 bridgehead atoms. The molecule has 2 heteroatoms. The summed E-state index contributed by atoms with van der Waals surface area (Å²) in [4.78, 5) is 0. The van der Waals surface area contributed by atoms with E-state index in [1.165, 1.54) is 21.2 Å². The lowest BCUT2D eigenvalue weighted by atomic mass is 9.95. The summed E-state index contributed by atoms with van der Waals surface area (Å²) in [5.74, 6) is 0. The lowest BCUT2D eigenvalue weighted by molar-refractivity contribution is 0.627. The first-order valence-corrected chi connectivity index (χ1v) is 7.06. The van der Waals surface area contributed by atoms with Gasteiger partial charge >= 0.3 is 0 Å². The van der Waals surface area contributed by atoms with Gasteiger partial charge < -0.3 is 5.32 Å². The molecule has 0 radical (unpaired) electrons. The van der Waals surface area contributed by atoms with Gasteiger partial charge in [0.25, 0.3) is 0 Å². The predicted molar refractivity (Wildman–Crippen MR) is 80.8 cm³/mol. The second-order valence-corrected chi connectivity index (χ2v) is 5.21. The van der Waals surface area contributed by atoms with Crippen molar-refractivity contribution in [1.29, 1.82) is 0 Å². The molecule has 1 nitrogen and oxygen atoms in total. The van der Waals surface area contributed by atoms with E-state index in [4.69, 9.17) is 0 Å². The Labute approximate surface area is 117 Å². The summed E-state index contributed by atoms with van der Waals surface area (Å²) in [5.41, 5.74) is 3.94. The average Bonchev–Trinajstić information content (AvgIpc) is 2.41. The first-order chi connectivity index (χ1) is 8.74. The molecule has 1 unspecified atom stereocenters. The van der Waals surface area contributed by atoms with Crippen molar-refractivity contribution in [3.8, 4) is 0 Å². The highest BCUT2D eigenvalue weighted by Crippen LogP contribution is 2.28. The normalized spacial score (nSPS) is 12.4. The summed E-state index contributed by atoms with van der Waals surface area (Å²) < 4.78 is 1.17. The molecule has 0 aromatic heterocycles. The van der Waals surface area contributed by atoms with Crippen molar-refractivity contribution in [2.75, 3.05) is 6.54 Å². The largest absolute Gasteiger partial charge is 0.307 e. The zero-order chi connectivity index (χ0) is 13.0. The fourth-order valence-corrected chi connectivity index (χ4v) is 2.58. The smallest absolute Gasteiger partial charge is 0.0579 e. The van der Waals surface area contributed by atoms with E-state index < -0.39 is 0 Å². The standard InChI is InChI=1S/C16H18BrN/c1-3-18-16(13-8-5-4-6-9-13)14-10-7-11-15(17)12(14)2/h4-11,16,18H,3H2,1-2H3. The van der Waals surface area contributed by atoms with Crippen LogP contribution in [0.5, 0.6) is 0 Å². The minimum absolute atomic E-state index is 0.258. The maximum Gasteiger partial charge on any atom is 0.0579 e. The van der Waals surface area contributed by atoms with Gasteiger partial charge in [-0.05, 0) is 36.2 Å². The quantitative estimate of drug-likeness (QED) is 0.879. The van der Waals surface area contributed by atoms with E-state index in [1.807, 2.05) is 0 Å². The van der Waals surface area contributed by atoms with Crippen LogP contribution in [0.1, 0.15) is 29.7 Å².